The Labute approximate surface area is 82.3 Å². The second-order valence-electron chi connectivity index (χ2n) is 3.58. The third-order valence-electron chi connectivity index (χ3n) is 2.72. The standard InChI is InChI=1S/C11H11NO2/c1-2-4-8(5-3-1)10-9-6-7-13-11(9)14-12-10/h1-5,9,11H,6-7H2. The van der Waals surface area contributed by atoms with Gasteiger partial charge in [-0.1, -0.05) is 35.5 Å². The van der Waals surface area contributed by atoms with Gasteiger partial charge in [0.25, 0.3) is 0 Å². The van der Waals surface area contributed by atoms with Crippen molar-refractivity contribution in [2.75, 3.05) is 6.61 Å². The van der Waals surface area contributed by atoms with Crippen molar-refractivity contribution >= 4 is 5.71 Å². The van der Waals surface area contributed by atoms with E-state index in [0.717, 1.165) is 24.3 Å². The highest BCUT2D eigenvalue weighted by Crippen LogP contribution is 2.31. The summed E-state index contributed by atoms with van der Waals surface area (Å²) in [7, 11) is 0. The molecule has 1 fully saturated rings. The molecule has 1 saturated heterocycles. The van der Waals surface area contributed by atoms with Crippen LogP contribution < -0.4 is 0 Å². The van der Waals surface area contributed by atoms with Crippen LogP contribution >= 0.6 is 0 Å². The third kappa shape index (κ3) is 1.13. The van der Waals surface area contributed by atoms with Gasteiger partial charge in [0.1, 0.15) is 0 Å². The number of nitrogens with zero attached hydrogens (tertiary/aromatic N) is 1. The van der Waals surface area contributed by atoms with E-state index in [1.54, 1.807) is 0 Å². The molecule has 3 heteroatoms. The molecule has 72 valence electrons. The Morgan fingerprint density at radius 3 is 2.93 bits per heavy atom. The first kappa shape index (κ1) is 8.00. The molecule has 14 heavy (non-hydrogen) atoms. The molecule has 0 spiro atoms. The number of hydrogen-bond donors (Lipinski definition) is 0. The van der Waals surface area contributed by atoms with Gasteiger partial charge in [0.2, 0.25) is 6.29 Å². The molecule has 3 rings (SSSR count). The molecule has 0 bridgehead atoms. The van der Waals surface area contributed by atoms with Gasteiger partial charge in [-0.05, 0) is 12.0 Å². The van der Waals surface area contributed by atoms with Crippen LogP contribution in [0.4, 0.5) is 0 Å². The van der Waals surface area contributed by atoms with Crippen LogP contribution in [0.25, 0.3) is 0 Å². The lowest BCUT2D eigenvalue weighted by molar-refractivity contribution is -0.106. The minimum absolute atomic E-state index is 0.134. The zero-order valence-corrected chi connectivity index (χ0v) is 7.72. The van der Waals surface area contributed by atoms with E-state index < -0.39 is 0 Å². The van der Waals surface area contributed by atoms with E-state index in [9.17, 15) is 0 Å². The zero-order valence-electron chi connectivity index (χ0n) is 7.72. The Morgan fingerprint density at radius 2 is 2.07 bits per heavy atom. The number of hydrogen-bond acceptors (Lipinski definition) is 3. The molecule has 0 aliphatic carbocycles. The highest BCUT2D eigenvalue weighted by atomic mass is 16.8. The maximum atomic E-state index is 5.39. The third-order valence-corrected chi connectivity index (χ3v) is 2.72. The Morgan fingerprint density at radius 1 is 1.21 bits per heavy atom. The van der Waals surface area contributed by atoms with E-state index in [4.69, 9.17) is 9.57 Å². The summed E-state index contributed by atoms with van der Waals surface area (Å²) in [5, 5.41) is 4.08. The Hall–Kier alpha value is -1.35. The molecule has 0 radical (unpaired) electrons. The second kappa shape index (κ2) is 3.10. The smallest absolute Gasteiger partial charge is 0.235 e. The minimum Gasteiger partial charge on any atom is -0.363 e. The molecule has 0 aromatic heterocycles. The highest BCUT2D eigenvalue weighted by Gasteiger charge is 2.39. The van der Waals surface area contributed by atoms with E-state index in [0.29, 0.717) is 5.92 Å². The Balaban J connectivity index is 1.93. The fourth-order valence-electron chi connectivity index (χ4n) is 1.99. The monoisotopic (exact) mass is 189 g/mol. The van der Waals surface area contributed by atoms with E-state index in [1.807, 2.05) is 18.2 Å². The molecule has 2 atom stereocenters. The fourth-order valence-corrected chi connectivity index (χ4v) is 1.99. The van der Waals surface area contributed by atoms with Crippen molar-refractivity contribution in [3.8, 4) is 0 Å². The molecule has 2 aliphatic rings. The topological polar surface area (TPSA) is 30.8 Å². The molecule has 0 N–H and O–H groups in total. The molecule has 0 amide bonds. The zero-order chi connectivity index (χ0) is 9.38. The molecule has 1 aromatic carbocycles. The van der Waals surface area contributed by atoms with Gasteiger partial charge in [0.05, 0.1) is 18.2 Å². The molecule has 3 nitrogen and oxygen atoms in total. The first-order valence-electron chi connectivity index (χ1n) is 4.86. The van der Waals surface area contributed by atoms with Crippen LogP contribution in [-0.2, 0) is 9.57 Å². The van der Waals surface area contributed by atoms with Gasteiger partial charge in [-0.25, -0.2) is 0 Å². The summed E-state index contributed by atoms with van der Waals surface area (Å²) in [5.74, 6) is 0.331. The van der Waals surface area contributed by atoms with Crippen LogP contribution in [0.1, 0.15) is 12.0 Å². The lowest BCUT2D eigenvalue weighted by Crippen LogP contribution is -2.18. The quantitative estimate of drug-likeness (QED) is 0.674. The van der Waals surface area contributed by atoms with Gasteiger partial charge >= 0.3 is 0 Å². The van der Waals surface area contributed by atoms with Crippen LogP contribution in [0.3, 0.4) is 0 Å². The first-order valence-corrected chi connectivity index (χ1v) is 4.86. The summed E-state index contributed by atoms with van der Waals surface area (Å²) < 4.78 is 5.39. The van der Waals surface area contributed by atoms with Crippen molar-refractivity contribution in [3.63, 3.8) is 0 Å². The molecular formula is C11H11NO2. The highest BCUT2D eigenvalue weighted by molar-refractivity contribution is 6.03. The summed E-state index contributed by atoms with van der Waals surface area (Å²) >= 11 is 0. The summed E-state index contributed by atoms with van der Waals surface area (Å²) in [4.78, 5) is 5.21. The summed E-state index contributed by atoms with van der Waals surface area (Å²) in [6.07, 6.45) is 0.878. The Bertz CT molecular complexity index is 361. The summed E-state index contributed by atoms with van der Waals surface area (Å²) in [6.45, 7) is 0.779. The summed E-state index contributed by atoms with van der Waals surface area (Å²) in [5.41, 5.74) is 2.18. The van der Waals surface area contributed by atoms with Crippen molar-refractivity contribution in [1.29, 1.82) is 0 Å². The fraction of sp³-hybridized carbons (Fsp3) is 0.364. The van der Waals surface area contributed by atoms with Crippen LogP contribution in [0.15, 0.2) is 35.5 Å². The van der Waals surface area contributed by atoms with Crippen molar-refractivity contribution in [2.24, 2.45) is 11.1 Å². The van der Waals surface area contributed by atoms with E-state index >= 15 is 0 Å². The van der Waals surface area contributed by atoms with E-state index in [-0.39, 0.29) is 6.29 Å². The average molecular weight is 189 g/mol. The van der Waals surface area contributed by atoms with Crippen molar-refractivity contribution in [3.05, 3.63) is 35.9 Å². The van der Waals surface area contributed by atoms with Gasteiger partial charge < -0.3 is 9.57 Å². The number of fused-ring (bicyclic) bond motifs is 1. The van der Waals surface area contributed by atoms with Crippen molar-refractivity contribution in [1.82, 2.24) is 0 Å². The van der Waals surface area contributed by atoms with E-state index in [1.165, 1.54) is 0 Å². The van der Waals surface area contributed by atoms with Gasteiger partial charge in [0, 0.05) is 0 Å². The van der Waals surface area contributed by atoms with Crippen LogP contribution in [0.2, 0.25) is 0 Å². The maximum absolute atomic E-state index is 5.39. The average Bonchev–Trinajstić information content (AvgIpc) is 2.79. The van der Waals surface area contributed by atoms with Gasteiger partial charge in [0.15, 0.2) is 0 Å². The lowest BCUT2D eigenvalue weighted by atomic mass is 9.96. The molecule has 2 aliphatic heterocycles. The molecule has 0 saturated carbocycles. The lowest BCUT2D eigenvalue weighted by Gasteiger charge is -2.06. The largest absolute Gasteiger partial charge is 0.363 e. The predicted octanol–water partition coefficient (Wildman–Crippen LogP) is 1.78. The van der Waals surface area contributed by atoms with Crippen LogP contribution in [0.5, 0.6) is 0 Å². The van der Waals surface area contributed by atoms with Gasteiger partial charge in [-0.2, -0.15) is 0 Å². The minimum atomic E-state index is -0.134. The Kier molecular flexibility index (Phi) is 1.77. The maximum Gasteiger partial charge on any atom is 0.235 e. The molecule has 1 aromatic rings. The summed E-state index contributed by atoms with van der Waals surface area (Å²) in [6, 6.07) is 10.1. The van der Waals surface area contributed by atoms with Crippen LogP contribution in [-0.4, -0.2) is 18.6 Å². The number of rotatable bonds is 1. The van der Waals surface area contributed by atoms with E-state index in [2.05, 4.69) is 17.3 Å². The second-order valence-corrected chi connectivity index (χ2v) is 3.58. The van der Waals surface area contributed by atoms with Gasteiger partial charge in [-0.3, -0.25) is 0 Å². The predicted molar refractivity (Wildman–Crippen MR) is 51.9 cm³/mol. The SMILES string of the molecule is c1ccc(C2=NOC3OCCC23)cc1. The van der Waals surface area contributed by atoms with Crippen LogP contribution in [0, 0.1) is 5.92 Å². The molecule has 2 heterocycles. The van der Waals surface area contributed by atoms with Crippen molar-refractivity contribution in [2.45, 2.75) is 12.7 Å². The van der Waals surface area contributed by atoms with Gasteiger partial charge in [-0.15, -0.1) is 0 Å². The number of benzene rings is 1. The normalized spacial score (nSPS) is 29.6. The molecular weight excluding hydrogens is 178 g/mol. The number of ether oxygens (including phenoxy) is 1. The molecule has 2 unspecified atom stereocenters. The van der Waals surface area contributed by atoms with Crippen molar-refractivity contribution < 1.29 is 9.57 Å². The first-order chi connectivity index (χ1) is 6.95. The number of oxime groups is 1.